The third-order valence-electron chi connectivity index (χ3n) is 2.18. The fourth-order valence-electron chi connectivity index (χ4n) is 1.21. The van der Waals surface area contributed by atoms with Crippen LogP contribution >= 0.6 is 0 Å². The molecule has 0 bridgehead atoms. The number of aryl methyl sites for hydroxylation is 1. The van der Waals surface area contributed by atoms with Crippen LogP contribution in [-0.2, 0) is 6.42 Å². The molecule has 0 radical (unpaired) electrons. The molecule has 0 amide bonds. The second-order valence-corrected chi connectivity index (χ2v) is 3.69. The summed E-state index contributed by atoms with van der Waals surface area (Å²) < 4.78 is 41.9. The molecular formula is C11H16F3N3O. The average molecular weight is 263 g/mol. The van der Waals surface area contributed by atoms with Gasteiger partial charge in [0.2, 0.25) is 5.88 Å². The monoisotopic (exact) mass is 263 g/mol. The van der Waals surface area contributed by atoms with Crippen molar-refractivity contribution in [1.29, 1.82) is 0 Å². The molecule has 1 N–H and O–H groups in total. The number of nitrogens with one attached hydrogen (secondary N) is 1. The van der Waals surface area contributed by atoms with Crippen LogP contribution in [0.4, 0.5) is 19.0 Å². The van der Waals surface area contributed by atoms with E-state index in [1.165, 1.54) is 6.07 Å². The van der Waals surface area contributed by atoms with Crippen molar-refractivity contribution in [3.05, 3.63) is 11.9 Å². The van der Waals surface area contributed by atoms with Crippen LogP contribution in [0.2, 0.25) is 0 Å². The van der Waals surface area contributed by atoms with Gasteiger partial charge < -0.3 is 10.1 Å². The molecule has 4 nitrogen and oxygen atoms in total. The van der Waals surface area contributed by atoms with Gasteiger partial charge in [0, 0.05) is 19.0 Å². The summed E-state index contributed by atoms with van der Waals surface area (Å²) >= 11 is 0. The predicted molar refractivity (Wildman–Crippen MR) is 61.7 cm³/mol. The highest BCUT2D eigenvalue weighted by Crippen LogP contribution is 2.25. The zero-order valence-electron chi connectivity index (χ0n) is 10.5. The first-order chi connectivity index (χ1) is 8.36. The lowest BCUT2D eigenvalue weighted by atomic mass is 10.4. The van der Waals surface area contributed by atoms with Crippen LogP contribution in [0.5, 0.6) is 5.88 Å². The molecule has 0 aliphatic heterocycles. The second kappa shape index (κ2) is 5.88. The van der Waals surface area contributed by atoms with Crippen molar-refractivity contribution in [2.45, 2.75) is 39.5 Å². The van der Waals surface area contributed by atoms with Gasteiger partial charge in [-0.2, -0.15) is 18.2 Å². The summed E-state index contributed by atoms with van der Waals surface area (Å²) in [6.07, 6.45) is -5.78. The Morgan fingerprint density at radius 3 is 2.50 bits per heavy atom. The molecule has 0 spiro atoms. The lowest BCUT2D eigenvalue weighted by Crippen LogP contribution is -2.31. The number of aromatic nitrogens is 2. The summed E-state index contributed by atoms with van der Waals surface area (Å²) in [5, 5.41) is 2.92. The third kappa shape index (κ3) is 4.05. The molecule has 1 atom stereocenters. The molecule has 7 heteroatoms. The third-order valence-corrected chi connectivity index (χ3v) is 2.18. The minimum absolute atomic E-state index is 0.0670. The summed E-state index contributed by atoms with van der Waals surface area (Å²) in [5.74, 6) is 0.842. The van der Waals surface area contributed by atoms with Gasteiger partial charge in [-0.1, -0.05) is 6.92 Å². The van der Waals surface area contributed by atoms with E-state index >= 15 is 0 Å². The van der Waals surface area contributed by atoms with Gasteiger partial charge >= 0.3 is 6.18 Å². The molecular weight excluding hydrogens is 247 g/mol. The van der Waals surface area contributed by atoms with Crippen LogP contribution in [-0.4, -0.2) is 28.8 Å². The fraction of sp³-hybridized carbons (Fsp3) is 0.636. The van der Waals surface area contributed by atoms with Crippen molar-refractivity contribution < 1.29 is 17.9 Å². The molecule has 1 heterocycles. The number of halogens is 3. The standard InChI is InChI=1S/C11H16F3N3O/c1-4-8-16-9(15-5-2)6-10(17-8)18-7(3)11(12,13)14/h6-7H,4-5H2,1-3H3,(H,15,16,17). The summed E-state index contributed by atoms with van der Waals surface area (Å²) in [5.41, 5.74) is 0. The molecule has 0 saturated heterocycles. The van der Waals surface area contributed by atoms with Gasteiger partial charge in [0.05, 0.1) is 0 Å². The van der Waals surface area contributed by atoms with Gasteiger partial charge in [-0.3, -0.25) is 0 Å². The normalized spacial score (nSPS) is 13.2. The number of alkyl halides is 3. The summed E-state index contributed by atoms with van der Waals surface area (Å²) in [6.45, 7) is 5.25. The number of hydrogen-bond acceptors (Lipinski definition) is 4. The quantitative estimate of drug-likeness (QED) is 0.887. The van der Waals surface area contributed by atoms with E-state index in [0.717, 1.165) is 6.92 Å². The number of rotatable bonds is 5. The maximum atomic E-state index is 12.4. The lowest BCUT2D eigenvalue weighted by molar-refractivity contribution is -0.190. The minimum atomic E-state index is -4.41. The molecule has 0 aromatic carbocycles. The van der Waals surface area contributed by atoms with Crippen LogP contribution in [0.1, 0.15) is 26.6 Å². The smallest absolute Gasteiger partial charge is 0.425 e. The largest absolute Gasteiger partial charge is 0.465 e. The van der Waals surface area contributed by atoms with E-state index in [1.807, 2.05) is 13.8 Å². The molecule has 0 saturated carbocycles. The number of anilines is 1. The Labute approximate surface area is 104 Å². The molecule has 1 rings (SSSR count). The van der Waals surface area contributed by atoms with Crippen molar-refractivity contribution in [2.24, 2.45) is 0 Å². The van der Waals surface area contributed by atoms with Crippen molar-refractivity contribution in [3.63, 3.8) is 0 Å². The van der Waals surface area contributed by atoms with Gasteiger partial charge in [-0.25, -0.2) is 4.98 Å². The Kier molecular flexibility index (Phi) is 4.75. The molecule has 1 aromatic heterocycles. The predicted octanol–water partition coefficient (Wildman–Crippen LogP) is 2.80. The summed E-state index contributed by atoms with van der Waals surface area (Å²) in [7, 11) is 0. The molecule has 0 fully saturated rings. The van der Waals surface area contributed by atoms with Crippen LogP contribution < -0.4 is 10.1 Å². The maximum Gasteiger partial charge on any atom is 0.425 e. The maximum absolute atomic E-state index is 12.4. The molecule has 1 unspecified atom stereocenters. The van der Waals surface area contributed by atoms with E-state index < -0.39 is 12.3 Å². The number of ether oxygens (including phenoxy) is 1. The fourth-order valence-corrected chi connectivity index (χ4v) is 1.21. The zero-order valence-corrected chi connectivity index (χ0v) is 10.5. The number of nitrogens with zero attached hydrogens (tertiary/aromatic N) is 2. The minimum Gasteiger partial charge on any atom is -0.465 e. The molecule has 18 heavy (non-hydrogen) atoms. The van der Waals surface area contributed by atoms with Gasteiger partial charge in [0.1, 0.15) is 11.6 Å². The topological polar surface area (TPSA) is 47.0 Å². The second-order valence-electron chi connectivity index (χ2n) is 3.69. The van der Waals surface area contributed by atoms with Gasteiger partial charge in [0.25, 0.3) is 0 Å². The Hall–Kier alpha value is -1.53. The van der Waals surface area contributed by atoms with Gasteiger partial charge in [-0.05, 0) is 13.8 Å². The van der Waals surface area contributed by atoms with E-state index in [4.69, 9.17) is 4.74 Å². The Balaban J connectivity index is 2.90. The Morgan fingerprint density at radius 2 is 2.00 bits per heavy atom. The number of hydrogen-bond donors (Lipinski definition) is 1. The first kappa shape index (κ1) is 14.5. The van der Waals surface area contributed by atoms with E-state index in [2.05, 4.69) is 15.3 Å². The SMILES string of the molecule is CCNc1cc(OC(C)C(F)(F)F)nc(CC)n1. The molecule has 0 aliphatic carbocycles. The van der Waals surface area contributed by atoms with Crippen LogP contribution in [0.15, 0.2) is 6.07 Å². The van der Waals surface area contributed by atoms with Gasteiger partial charge in [-0.15, -0.1) is 0 Å². The molecule has 0 aliphatic rings. The molecule has 102 valence electrons. The van der Waals surface area contributed by atoms with Crippen LogP contribution in [0.3, 0.4) is 0 Å². The summed E-state index contributed by atoms with van der Waals surface area (Å²) in [6, 6.07) is 1.37. The van der Waals surface area contributed by atoms with E-state index in [0.29, 0.717) is 24.6 Å². The zero-order chi connectivity index (χ0) is 13.8. The van der Waals surface area contributed by atoms with E-state index in [-0.39, 0.29) is 5.88 Å². The highest BCUT2D eigenvalue weighted by atomic mass is 19.4. The first-order valence-corrected chi connectivity index (χ1v) is 5.72. The average Bonchev–Trinajstić information content (AvgIpc) is 2.27. The highest BCUT2D eigenvalue weighted by Gasteiger charge is 2.38. The summed E-state index contributed by atoms with van der Waals surface area (Å²) in [4.78, 5) is 8.04. The first-order valence-electron chi connectivity index (χ1n) is 5.72. The Morgan fingerprint density at radius 1 is 1.33 bits per heavy atom. The van der Waals surface area contributed by atoms with Gasteiger partial charge in [0.15, 0.2) is 6.10 Å². The van der Waals surface area contributed by atoms with E-state index in [9.17, 15) is 13.2 Å². The van der Waals surface area contributed by atoms with Crippen LogP contribution in [0.25, 0.3) is 0 Å². The molecule has 1 aromatic rings. The highest BCUT2D eigenvalue weighted by molar-refractivity contribution is 5.38. The van der Waals surface area contributed by atoms with Crippen LogP contribution in [0, 0.1) is 0 Å². The van der Waals surface area contributed by atoms with Crippen molar-refractivity contribution >= 4 is 5.82 Å². The Bertz CT molecular complexity index is 396. The van der Waals surface area contributed by atoms with Crippen molar-refractivity contribution in [3.8, 4) is 5.88 Å². The lowest BCUT2D eigenvalue weighted by Gasteiger charge is -2.17. The van der Waals surface area contributed by atoms with Crippen molar-refractivity contribution in [1.82, 2.24) is 9.97 Å². The van der Waals surface area contributed by atoms with Crippen molar-refractivity contribution in [2.75, 3.05) is 11.9 Å². The van der Waals surface area contributed by atoms with E-state index in [1.54, 1.807) is 0 Å².